The molecule has 1 nitrogen and oxygen atoms in total. The van der Waals surface area contributed by atoms with E-state index in [0.29, 0.717) is 10.0 Å². The van der Waals surface area contributed by atoms with E-state index in [9.17, 15) is 4.39 Å². The van der Waals surface area contributed by atoms with E-state index in [1.165, 1.54) is 6.07 Å². The van der Waals surface area contributed by atoms with Crippen LogP contribution < -0.4 is 4.74 Å². The highest BCUT2D eigenvalue weighted by Gasteiger charge is 2.43. The normalized spacial score (nSPS) is 16.2. The second-order valence-electron chi connectivity index (χ2n) is 5.69. The number of benzene rings is 2. The van der Waals surface area contributed by atoms with Gasteiger partial charge in [-0.1, -0.05) is 42.3 Å². The Balaban J connectivity index is 1.94. The molecule has 4 heteroatoms. The molecular weight excluding hydrogens is 322 g/mol. The lowest BCUT2D eigenvalue weighted by molar-refractivity contribution is -0.0152. The number of hydrogen-bond acceptors (Lipinski definition) is 1. The van der Waals surface area contributed by atoms with Crippen molar-refractivity contribution in [1.29, 1.82) is 0 Å². The van der Waals surface area contributed by atoms with Crippen LogP contribution in [0.1, 0.15) is 37.3 Å². The smallest absolute Gasteiger partial charge is 0.165 e. The van der Waals surface area contributed by atoms with Crippen molar-refractivity contribution in [3.8, 4) is 5.75 Å². The zero-order chi connectivity index (χ0) is 15.7. The van der Waals surface area contributed by atoms with E-state index >= 15 is 0 Å². The van der Waals surface area contributed by atoms with Crippen LogP contribution in [-0.4, -0.2) is 0 Å². The van der Waals surface area contributed by atoms with Crippen molar-refractivity contribution in [2.45, 2.75) is 38.2 Å². The monoisotopic (exact) mass is 338 g/mol. The molecule has 22 heavy (non-hydrogen) atoms. The van der Waals surface area contributed by atoms with Gasteiger partial charge in [-0.25, -0.2) is 4.39 Å². The standard InChI is InChI=1S/C18H17Cl2FO/c1-2-12-4-7-17(16(21)10-12)22-18(8-3-9-18)14-6-5-13(19)11-15(14)20/h4-7,10-11H,2-3,8-9H2,1H3. The van der Waals surface area contributed by atoms with Crippen LogP contribution in [0.25, 0.3) is 0 Å². The highest BCUT2D eigenvalue weighted by atomic mass is 35.5. The maximum atomic E-state index is 14.2. The Bertz CT molecular complexity index is 695. The summed E-state index contributed by atoms with van der Waals surface area (Å²) in [5, 5.41) is 1.15. The van der Waals surface area contributed by atoms with Crippen molar-refractivity contribution < 1.29 is 9.13 Å². The van der Waals surface area contributed by atoms with E-state index in [1.807, 2.05) is 19.1 Å². The molecule has 0 amide bonds. The first-order chi connectivity index (χ1) is 10.5. The molecule has 0 bridgehead atoms. The summed E-state index contributed by atoms with van der Waals surface area (Å²) in [5.41, 5.74) is 1.29. The zero-order valence-electron chi connectivity index (χ0n) is 12.3. The van der Waals surface area contributed by atoms with Gasteiger partial charge in [-0.3, -0.25) is 0 Å². The SMILES string of the molecule is CCc1ccc(OC2(c3ccc(Cl)cc3Cl)CCC2)c(F)c1. The molecule has 0 N–H and O–H groups in total. The number of ether oxygens (including phenoxy) is 1. The zero-order valence-corrected chi connectivity index (χ0v) is 13.8. The summed E-state index contributed by atoms with van der Waals surface area (Å²) in [6.45, 7) is 2.00. The number of aryl methyl sites for hydroxylation is 1. The molecule has 0 aliphatic heterocycles. The Kier molecular flexibility index (Phi) is 4.33. The Labute approximate surface area is 140 Å². The Morgan fingerprint density at radius 1 is 1.14 bits per heavy atom. The van der Waals surface area contributed by atoms with Crippen LogP contribution in [0.3, 0.4) is 0 Å². The molecule has 0 unspecified atom stereocenters. The van der Waals surface area contributed by atoms with Crippen molar-refractivity contribution >= 4 is 23.2 Å². The highest BCUT2D eigenvalue weighted by molar-refractivity contribution is 6.35. The first-order valence-electron chi connectivity index (χ1n) is 7.47. The van der Waals surface area contributed by atoms with E-state index < -0.39 is 5.60 Å². The maximum absolute atomic E-state index is 14.2. The summed E-state index contributed by atoms with van der Waals surface area (Å²) in [6.07, 6.45) is 3.48. The minimum absolute atomic E-state index is 0.280. The molecule has 2 aromatic carbocycles. The average molecular weight is 339 g/mol. The van der Waals surface area contributed by atoms with Crippen molar-refractivity contribution in [3.05, 3.63) is 63.4 Å². The molecule has 0 aromatic heterocycles. The van der Waals surface area contributed by atoms with Crippen molar-refractivity contribution in [1.82, 2.24) is 0 Å². The van der Waals surface area contributed by atoms with Crippen molar-refractivity contribution in [2.24, 2.45) is 0 Å². The maximum Gasteiger partial charge on any atom is 0.165 e. The van der Waals surface area contributed by atoms with Gasteiger partial charge in [-0.15, -0.1) is 0 Å². The second-order valence-corrected chi connectivity index (χ2v) is 6.54. The summed E-state index contributed by atoms with van der Waals surface area (Å²) < 4.78 is 20.3. The molecule has 0 radical (unpaired) electrons. The summed E-state index contributed by atoms with van der Waals surface area (Å²) in [7, 11) is 0. The summed E-state index contributed by atoms with van der Waals surface area (Å²) in [5.74, 6) is -0.0429. The van der Waals surface area contributed by atoms with Gasteiger partial charge >= 0.3 is 0 Å². The summed E-state index contributed by atoms with van der Waals surface area (Å²) in [6, 6.07) is 10.5. The fourth-order valence-electron chi connectivity index (χ4n) is 2.84. The third-order valence-corrected chi connectivity index (χ3v) is 4.84. The molecule has 1 aliphatic carbocycles. The van der Waals surface area contributed by atoms with Gasteiger partial charge < -0.3 is 4.74 Å². The fourth-order valence-corrected chi connectivity index (χ4v) is 3.42. The van der Waals surface area contributed by atoms with Crippen LogP contribution in [-0.2, 0) is 12.0 Å². The van der Waals surface area contributed by atoms with Crippen LogP contribution in [0, 0.1) is 5.82 Å². The van der Waals surface area contributed by atoms with Crippen LogP contribution in [0.4, 0.5) is 4.39 Å². The first kappa shape index (κ1) is 15.6. The minimum Gasteiger partial charge on any atom is -0.479 e. The first-order valence-corrected chi connectivity index (χ1v) is 8.22. The largest absolute Gasteiger partial charge is 0.479 e. The molecule has 0 saturated heterocycles. The van der Waals surface area contributed by atoms with E-state index in [-0.39, 0.29) is 11.6 Å². The van der Waals surface area contributed by atoms with Gasteiger partial charge in [0.15, 0.2) is 11.6 Å². The minimum atomic E-state index is -0.545. The Morgan fingerprint density at radius 2 is 1.91 bits per heavy atom. The predicted octanol–water partition coefficient (Wildman–Crippen LogP) is 6.15. The molecule has 1 saturated carbocycles. The Morgan fingerprint density at radius 3 is 2.45 bits per heavy atom. The van der Waals surface area contributed by atoms with Gasteiger partial charge in [0.1, 0.15) is 5.60 Å². The predicted molar refractivity (Wildman–Crippen MR) is 88.4 cm³/mol. The molecule has 3 rings (SSSR count). The van der Waals surface area contributed by atoms with Crippen molar-refractivity contribution in [3.63, 3.8) is 0 Å². The molecule has 0 heterocycles. The number of rotatable bonds is 4. The van der Waals surface area contributed by atoms with Gasteiger partial charge in [0.25, 0.3) is 0 Å². The third kappa shape index (κ3) is 2.82. The van der Waals surface area contributed by atoms with Crippen LogP contribution in [0.15, 0.2) is 36.4 Å². The van der Waals surface area contributed by atoms with E-state index in [0.717, 1.165) is 36.8 Å². The van der Waals surface area contributed by atoms with Gasteiger partial charge in [0.2, 0.25) is 0 Å². The molecule has 1 aliphatic rings. The fraction of sp³-hybridized carbons (Fsp3) is 0.333. The van der Waals surface area contributed by atoms with Crippen LogP contribution >= 0.6 is 23.2 Å². The number of hydrogen-bond donors (Lipinski definition) is 0. The highest BCUT2D eigenvalue weighted by Crippen LogP contribution is 2.48. The van der Waals surface area contributed by atoms with Gasteiger partial charge in [-0.2, -0.15) is 0 Å². The topological polar surface area (TPSA) is 9.23 Å². The summed E-state index contributed by atoms with van der Waals surface area (Å²) >= 11 is 12.3. The summed E-state index contributed by atoms with van der Waals surface area (Å²) in [4.78, 5) is 0. The molecule has 0 spiro atoms. The van der Waals surface area contributed by atoms with E-state index in [1.54, 1.807) is 18.2 Å². The molecule has 2 aromatic rings. The average Bonchev–Trinajstić information content (AvgIpc) is 2.45. The molecular formula is C18H17Cl2FO. The van der Waals surface area contributed by atoms with E-state index in [4.69, 9.17) is 27.9 Å². The van der Waals surface area contributed by atoms with Crippen LogP contribution in [0.5, 0.6) is 5.75 Å². The quantitative estimate of drug-likeness (QED) is 0.649. The number of halogens is 3. The third-order valence-electron chi connectivity index (χ3n) is 4.29. The second kappa shape index (κ2) is 6.10. The van der Waals surface area contributed by atoms with Crippen molar-refractivity contribution in [2.75, 3.05) is 0 Å². The van der Waals surface area contributed by atoms with Gasteiger partial charge in [0.05, 0.1) is 0 Å². The van der Waals surface area contributed by atoms with Gasteiger partial charge in [-0.05, 0) is 55.5 Å². The lowest BCUT2D eigenvalue weighted by Crippen LogP contribution is -2.40. The van der Waals surface area contributed by atoms with E-state index in [2.05, 4.69) is 0 Å². The molecule has 0 atom stereocenters. The lowest BCUT2D eigenvalue weighted by atomic mass is 9.74. The van der Waals surface area contributed by atoms with Crippen LogP contribution in [0.2, 0.25) is 10.0 Å². The lowest BCUT2D eigenvalue weighted by Gasteiger charge is -2.42. The molecule has 1 fully saturated rings. The molecule has 116 valence electrons. The Hall–Kier alpha value is -1.25. The van der Waals surface area contributed by atoms with Gasteiger partial charge in [0, 0.05) is 15.6 Å².